The third kappa shape index (κ3) is 3.42. The van der Waals surface area contributed by atoms with Gasteiger partial charge >= 0.3 is 0 Å². The van der Waals surface area contributed by atoms with Crippen LogP contribution in [0.1, 0.15) is 41.5 Å². The standard InChI is InChI=1S/C16H21N3O2/c1-5-21-14-8-6-13(7-9-14)16(20)18-11(2)15-10-17-19(4)12(15)3/h6-11H,5H2,1-4H3,(H,18,20). The maximum atomic E-state index is 12.2. The number of hydrogen-bond donors (Lipinski definition) is 1. The summed E-state index contributed by atoms with van der Waals surface area (Å²) in [6.45, 7) is 6.49. The number of carbonyl (C=O) groups is 1. The Hall–Kier alpha value is -2.30. The van der Waals surface area contributed by atoms with Crippen LogP contribution in [0.5, 0.6) is 5.75 Å². The topological polar surface area (TPSA) is 56.1 Å². The second-order valence-electron chi connectivity index (χ2n) is 4.96. The van der Waals surface area contributed by atoms with Crippen LogP contribution in [0.25, 0.3) is 0 Å². The van der Waals surface area contributed by atoms with Gasteiger partial charge in [-0.15, -0.1) is 0 Å². The lowest BCUT2D eigenvalue weighted by molar-refractivity contribution is 0.0940. The molecule has 0 saturated carbocycles. The smallest absolute Gasteiger partial charge is 0.251 e. The number of ether oxygens (including phenoxy) is 1. The molecule has 0 aliphatic rings. The van der Waals surface area contributed by atoms with E-state index in [1.54, 1.807) is 35.1 Å². The van der Waals surface area contributed by atoms with Gasteiger partial charge in [-0.2, -0.15) is 5.10 Å². The maximum absolute atomic E-state index is 12.2. The maximum Gasteiger partial charge on any atom is 0.251 e. The van der Waals surface area contributed by atoms with Crippen molar-refractivity contribution >= 4 is 5.91 Å². The lowest BCUT2D eigenvalue weighted by Crippen LogP contribution is -2.26. The number of aromatic nitrogens is 2. The molecule has 1 aromatic heterocycles. The molecule has 0 bridgehead atoms. The molecule has 112 valence electrons. The molecule has 0 spiro atoms. The van der Waals surface area contributed by atoms with E-state index in [1.165, 1.54) is 0 Å². The van der Waals surface area contributed by atoms with Crippen LogP contribution in [0, 0.1) is 6.92 Å². The van der Waals surface area contributed by atoms with Gasteiger partial charge in [-0.25, -0.2) is 0 Å². The zero-order chi connectivity index (χ0) is 15.4. The van der Waals surface area contributed by atoms with Crippen molar-refractivity contribution in [1.29, 1.82) is 0 Å². The van der Waals surface area contributed by atoms with Gasteiger partial charge in [0.2, 0.25) is 0 Å². The molecule has 1 amide bonds. The molecule has 1 atom stereocenters. The molecule has 5 nitrogen and oxygen atoms in total. The van der Waals surface area contributed by atoms with E-state index in [1.807, 2.05) is 27.8 Å². The molecule has 1 unspecified atom stereocenters. The van der Waals surface area contributed by atoms with Gasteiger partial charge in [0, 0.05) is 23.9 Å². The fourth-order valence-corrected chi connectivity index (χ4v) is 2.17. The second-order valence-corrected chi connectivity index (χ2v) is 4.96. The Labute approximate surface area is 124 Å². The molecular weight excluding hydrogens is 266 g/mol. The van der Waals surface area contributed by atoms with Crippen molar-refractivity contribution < 1.29 is 9.53 Å². The fourth-order valence-electron chi connectivity index (χ4n) is 2.17. The Balaban J connectivity index is 2.05. The molecule has 0 aliphatic carbocycles. The van der Waals surface area contributed by atoms with Gasteiger partial charge in [0.05, 0.1) is 18.8 Å². The summed E-state index contributed by atoms with van der Waals surface area (Å²) in [5, 5.41) is 7.18. The van der Waals surface area contributed by atoms with Gasteiger partial charge in [0.25, 0.3) is 5.91 Å². The van der Waals surface area contributed by atoms with E-state index in [0.717, 1.165) is 17.0 Å². The Morgan fingerprint density at radius 2 is 2.05 bits per heavy atom. The van der Waals surface area contributed by atoms with Crippen molar-refractivity contribution in [1.82, 2.24) is 15.1 Å². The van der Waals surface area contributed by atoms with Crippen molar-refractivity contribution in [3.63, 3.8) is 0 Å². The average Bonchev–Trinajstić information content (AvgIpc) is 2.80. The van der Waals surface area contributed by atoms with Crippen molar-refractivity contribution in [3.05, 3.63) is 47.3 Å². The monoisotopic (exact) mass is 287 g/mol. The molecule has 0 fully saturated rings. The zero-order valence-electron chi connectivity index (χ0n) is 12.9. The Kier molecular flexibility index (Phi) is 4.62. The molecule has 1 heterocycles. The van der Waals surface area contributed by atoms with E-state index in [2.05, 4.69) is 10.4 Å². The summed E-state index contributed by atoms with van der Waals surface area (Å²) in [6.07, 6.45) is 1.79. The lowest BCUT2D eigenvalue weighted by atomic mass is 10.1. The SMILES string of the molecule is CCOc1ccc(C(=O)NC(C)c2cnn(C)c2C)cc1. The molecule has 0 saturated heterocycles. The highest BCUT2D eigenvalue weighted by atomic mass is 16.5. The molecule has 21 heavy (non-hydrogen) atoms. The van der Waals surface area contributed by atoms with Crippen molar-refractivity contribution in [2.24, 2.45) is 7.05 Å². The van der Waals surface area contributed by atoms with E-state index in [4.69, 9.17) is 4.74 Å². The first-order valence-electron chi connectivity index (χ1n) is 7.05. The van der Waals surface area contributed by atoms with E-state index >= 15 is 0 Å². The largest absolute Gasteiger partial charge is 0.494 e. The summed E-state index contributed by atoms with van der Waals surface area (Å²) in [4.78, 5) is 12.2. The minimum Gasteiger partial charge on any atom is -0.494 e. The first kappa shape index (κ1) is 15.1. The second kappa shape index (κ2) is 6.43. The van der Waals surface area contributed by atoms with E-state index in [-0.39, 0.29) is 11.9 Å². The summed E-state index contributed by atoms with van der Waals surface area (Å²) >= 11 is 0. The first-order valence-corrected chi connectivity index (χ1v) is 7.05. The molecule has 0 radical (unpaired) electrons. The molecule has 0 aliphatic heterocycles. The third-order valence-electron chi connectivity index (χ3n) is 3.51. The Morgan fingerprint density at radius 1 is 1.38 bits per heavy atom. The fraction of sp³-hybridized carbons (Fsp3) is 0.375. The van der Waals surface area contributed by atoms with Crippen LogP contribution < -0.4 is 10.1 Å². The average molecular weight is 287 g/mol. The molecule has 2 aromatic rings. The number of aryl methyl sites for hydroxylation is 1. The highest BCUT2D eigenvalue weighted by Crippen LogP contribution is 2.17. The minimum atomic E-state index is -0.103. The molecule has 1 aromatic carbocycles. The van der Waals surface area contributed by atoms with Crippen molar-refractivity contribution in [2.75, 3.05) is 6.61 Å². The number of rotatable bonds is 5. The highest BCUT2D eigenvalue weighted by molar-refractivity contribution is 5.94. The summed E-state index contributed by atoms with van der Waals surface area (Å²) in [6, 6.07) is 7.06. The predicted molar refractivity (Wildman–Crippen MR) is 81.4 cm³/mol. The predicted octanol–water partition coefficient (Wildman–Crippen LogP) is 2.62. The summed E-state index contributed by atoms with van der Waals surface area (Å²) < 4.78 is 7.17. The number of carbonyl (C=O) groups excluding carboxylic acids is 1. The highest BCUT2D eigenvalue weighted by Gasteiger charge is 2.15. The van der Waals surface area contributed by atoms with Gasteiger partial charge in [0.15, 0.2) is 0 Å². The number of nitrogens with zero attached hydrogens (tertiary/aromatic N) is 2. The van der Waals surface area contributed by atoms with Crippen LogP contribution in [0.2, 0.25) is 0 Å². The van der Waals surface area contributed by atoms with Crippen molar-refractivity contribution in [3.8, 4) is 5.75 Å². The Bertz CT molecular complexity index is 617. The zero-order valence-corrected chi connectivity index (χ0v) is 12.9. The quantitative estimate of drug-likeness (QED) is 0.919. The van der Waals surface area contributed by atoms with Crippen LogP contribution in [0.4, 0.5) is 0 Å². The van der Waals surface area contributed by atoms with E-state index in [9.17, 15) is 4.79 Å². The third-order valence-corrected chi connectivity index (χ3v) is 3.51. The van der Waals surface area contributed by atoms with Gasteiger partial charge in [-0.3, -0.25) is 9.48 Å². The lowest BCUT2D eigenvalue weighted by Gasteiger charge is -2.14. The summed E-state index contributed by atoms with van der Waals surface area (Å²) in [5.74, 6) is 0.666. The van der Waals surface area contributed by atoms with Crippen molar-refractivity contribution in [2.45, 2.75) is 26.8 Å². The molecule has 2 rings (SSSR count). The van der Waals surface area contributed by atoms with Crippen LogP contribution >= 0.6 is 0 Å². The van der Waals surface area contributed by atoms with E-state index in [0.29, 0.717) is 12.2 Å². The Morgan fingerprint density at radius 3 is 2.57 bits per heavy atom. The molecular formula is C16H21N3O2. The minimum absolute atomic E-state index is 0.0854. The van der Waals surface area contributed by atoms with Crippen LogP contribution in [-0.4, -0.2) is 22.3 Å². The summed E-state index contributed by atoms with van der Waals surface area (Å²) in [7, 11) is 1.89. The number of amides is 1. The van der Waals surface area contributed by atoms with Gasteiger partial charge in [0.1, 0.15) is 5.75 Å². The van der Waals surface area contributed by atoms with E-state index < -0.39 is 0 Å². The molecule has 1 N–H and O–H groups in total. The number of benzene rings is 1. The normalized spacial score (nSPS) is 12.0. The number of hydrogen-bond acceptors (Lipinski definition) is 3. The van der Waals surface area contributed by atoms with Crippen LogP contribution in [0.3, 0.4) is 0 Å². The van der Waals surface area contributed by atoms with Crippen LogP contribution in [0.15, 0.2) is 30.5 Å². The summed E-state index contributed by atoms with van der Waals surface area (Å²) in [5.41, 5.74) is 2.69. The van der Waals surface area contributed by atoms with Gasteiger partial charge in [-0.1, -0.05) is 0 Å². The molecule has 5 heteroatoms. The van der Waals surface area contributed by atoms with Gasteiger partial charge < -0.3 is 10.1 Å². The number of nitrogens with one attached hydrogen (secondary N) is 1. The van der Waals surface area contributed by atoms with Crippen LogP contribution in [-0.2, 0) is 7.05 Å². The first-order chi connectivity index (χ1) is 10.0. The van der Waals surface area contributed by atoms with Gasteiger partial charge in [-0.05, 0) is 45.0 Å².